The average Bonchev–Trinajstić information content (AvgIpc) is 3.17. The van der Waals surface area contributed by atoms with Crippen LogP contribution in [-0.2, 0) is 17.9 Å². The molecule has 0 bridgehead atoms. The minimum Gasteiger partial charge on any atom is -0.454 e. The van der Waals surface area contributed by atoms with Crippen LogP contribution in [0.5, 0.6) is 0 Å². The third-order valence-electron chi connectivity index (χ3n) is 3.12. The van der Waals surface area contributed by atoms with Crippen molar-refractivity contribution in [2.75, 3.05) is 0 Å². The van der Waals surface area contributed by atoms with Crippen LogP contribution in [0.15, 0.2) is 53.3 Å². The standard InChI is InChI=1S/C16H15N3O3/c1-12-9-15(22-18-12)11-21-16(20)14-5-3-13(4-6-14)10-19-8-2-7-17-19/h2-9H,10-11H2,1H3. The SMILES string of the molecule is Cc1cc(COC(=O)c2ccc(Cn3cccn3)cc2)on1. The summed E-state index contributed by atoms with van der Waals surface area (Å²) in [4.78, 5) is 12.0. The molecule has 2 aromatic heterocycles. The van der Waals surface area contributed by atoms with Crippen molar-refractivity contribution in [3.63, 3.8) is 0 Å². The van der Waals surface area contributed by atoms with Crippen molar-refractivity contribution in [2.45, 2.75) is 20.1 Å². The van der Waals surface area contributed by atoms with E-state index in [1.54, 1.807) is 24.4 Å². The maximum Gasteiger partial charge on any atom is 0.338 e. The summed E-state index contributed by atoms with van der Waals surface area (Å²) in [6, 6.07) is 10.9. The highest BCUT2D eigenvalue weighted by atomic mass is 16.5. The molecule has 0 fully saturated rings. The monoisotopic (exact) mass is 297 g/mol. The van der Waals surface area contributed by atoms with Crippen molar-refractivity contribution >= 4 is 5.97 Å². The molecule has 0 aliphatic heterocycles. The van der Waals surface area contributed by atoms with E-state index < -0.39 is 0 Å². The first-order valence-electron chi connectivity index (χ1n) is 6.86. The van der Waals surface area contributed by atoms with E-state index in [4.69, 9.17) is 9.26 Å². The lowest BCUT2D eigenvalue weighted by Crippen LogP contribution is -2.05. The number of carbonyl (C=O) groups excluding carboxylic acids is 1. The fraction of sp³-hybridized carbons (Fsp3) is 0.188. The summed E-state index contributed by atoms with van der Waals surface area (Å²) in [5.41, 5.74) is 2.32. The fourth-order valence-corrected chi connectivity index (χ4v) is 2.03. The van der Waals surface area contributed by atoms with Gasteiger partial charge in [0.25, 0.3) is 0 Å². The highest BCUT2D eigenvalue weighted by Crippen LogP contribution is 2.10. The molecule has 0 saturated carbocycles. The van der Waals surface area contributed by atoms with Gasteiger partial charge in [-0.1, -0.05) is 17.3 Å². The van der Waals surface area contributed by atoms with Crippen LogP contribution >= 0.6 is 0 Å². The van der Waals surface area contributed by atoms with Gasteiger partial charge in [0.2, 0.25) is 0 Å². The van der Waals surface area contributed by atoms with Gasteiger partial charge in [-0.15, -0.1) is 0 Å². The number of ether oxygens (including phenoxy) is 1. The van der Waals surface area contributed by atoms with E-state index in [-0.39, 0.29) is 12.6 Å². The fourth-order valence-electron chi connectivity index (χ4n) is 2.03. The zero-order chi connectivity index (χ0) is 15.4. The molecule has 0 unspecified atom stereocenters. The molecule has 0 atom stereocenters. The quantitative estimate of drug-likeness (QED) is 0.677. The minimum atomic E-state index is -0.389. The molecular weight excluding hydrogens is 282 g/mol. The van der Waals surface area contributed by atoms with Crippen molar-refractivity contribution in [1.82, 2.24) is 14.9 Å². The Hall–Kier alpha value is -2.89. The van der Waals surface area contributed by atoms with Crippen molar-refractivity contribution in [3.05, 3.63) is 71.4 Å². The first kappa shape index (κ1) is 14.1. The zero-order valence-electron chi connectivity index (χ0n) is 12.1. The Morgan fingerprint density at radius 2 is 2.14 bits per heavy atom. The van der Waals surface area contributed by atoms with Crippen molar-refractivity contribution in [2.24, 2.45) is 0 Å². The first-order chi connectivity index (χ1) is 10.7. The largest absolute Gasteiger partial charge is 0.454 e. The van der Waals surface area contributed by atoms with Gasteiger partial charge in [-0.25, -0.2) is 4.79 Å². The van der Waals surface area contributed by atoms with Crippen LogP contribution in [0.1, 0.15) is 27.4 Å². The minimum absolute atomic E-state index is 0.0781. The molecule has 112 valence electrons. The second kappa shape index (κ2) is 6.26. The number of aryl methyl sites for hydroxylation is 1. The number of hydrogen-bond acceptors (Lipinski definition) is 5. The van der Waals surface area contributed by atoms with Crippen molar-refractivity contribution < 1.29 is 14.1 Å². The van der Waals surface area contributed by atoms with Crippen LogP contribution in [0, 0.1) is 6.92 Å². The zero-order valence-corrected chi connectivity index (χ0v) is 12.1. The number of benzene rings is 1. The Kier molecular flexibility index (Phi) is 4.00. The van der Waals surface area contributed by atoms with Gasteiger partial charge < -0.3 is 9.26 Å². The van der Waals surface area contributed by atoms with Gasteiger partial charge >= 0.3 is 5.97 Å². The summed E-state index contributed by atoms with van der Waals surface area (Å²) in [7, 11) is 0. The van der Waals surface area contributed by atoms with Gasteiger partial charge in [0.15, 0.2) is 12.4 Å². The van der Waals surface area contributed by atoms with Gasteiger partial charge in [0, 0.05) is 18.5 Å². The summed E-state index contributed by atoms with van der Waals surface area (Å²) in [6.45, 7) is 2.56. The molecule has 0 saturated heterocycles. The van der Waals surface area contributed by atoms with Crippen LogP contribution < -0.4 is 0 Å². The molecule has 0 amide bonds. The Morgan fingerprint density at radius 3 is 2.77 bits per heavy atom. The highest BCUT2D eigenvalue weighted by Gasteiger charge is 2.09. The number of aromatic nitrogens is 3. The molecule has 0 spiro atoms. The summed E-state index contributed by atoms with van der Waals surface area (Å²) >= 11 is 0. The van der Waals surface area contributed by atoms with Gasteiger partial charge in [0.1, 0.15) is 0 Å². The van der Waals surface area contributed by atoms with E-state index in [0.717, 1.165) is 11.3 Å². The smallest absolute Gasteiger partial charge is 0.338 e. The van der Waals surface area contributed by atoms with Crippen molar-refractivity contribution in [3.8, 4) is 0 Å². The molecule has 3 aromatic rings. The van der Waals surface area contributed by atoms with E-state index >= 15 is 0 Å². The molecule has 0 N–H and O–H groups in total. The lowest BCUT2D eigenvalue weighted by molar-refractivity contribution is 0.0437. The van der Waals surface area contributed by atoms with E-state index in [1.807, 2.05) is 36.0 Å². The Morgan fingerprint density at radius 1 is 1.32 bits per heavy atom. The average molecular weight is 297 g/mol. The summed E-state index contributed by atoms with van der Waals surface area (Å²) in [6.07, 6.45) is 3.62. The Balaban J connectivity index is 1.58. The van der Waals surface area contributed by atoms with Crippen LogP contribution in [0.3, 0.4) is 0 Å². The third-order valence-corrected chi connectivity index (χ3v) is 3.12. The number of nitrogens with zero attached hydrogens (tertiary/aromatic N) is 3. The van der Waals surface area contributed by atoms with E-state index in [9.17, 15) is 4.79 Å². The van der Waals surface area contributed by atoms with Gasteiger partial charge in [-0.2, -0.15) is 5.10 Å². The number of carbonyl (C=O) groups is 1. The second-order valence-corrected chi connectivity index (χ2v) is 4.91. The van der Waals surface area contributed by atoms with Crippen molar-refractivity contribution in [1.29, 1.82) is 0 Å². The summed E-state index contributed by atoms with van der Waals surface area (Å²) < 4.78 is 12.0. The van der Waals surface area contributed by atoms with Crippen LogP contribution in [0.25, 0.3) is 0 Å². The van der Waals surface area contributed by atoms with E-state index in [1.165, 1.54) is 0 Å². The first-order valence-corrected chi connectivity index (χ1v) is 6.86. The third kappa shape index (κ3) is 3.41. The van der Waals surface area contributed by atoms with Gasteiger partial charge in [-0.05, 0) is 30.7 Å². The molecule has 2 heterocycles. The lowest BCUT2D eigenvalue weighted by atomic mass is 10.1. The topological polar surface area (TPSA) is 70.2 Å². The molecule has 0 aliphatic carbocycles. The molecule has 0 aliphatic rings. The van der Waals surface area contributed by atoms with Gasteiger partial charge in [-0.3, -0.25) is 4.68 Å². The Bertz CT molecular complexity index is 745. The Labute approximate surface area is 127 Å². The molecular formula is C16H15N3O3. The second-order valence-electron chi connectivity index (χ2n) is 4.91. The highest BCUT2D eigenvalue weighted by molar-refractivity contribution is 5.89. The molecule has 3 rings (SSSR count). The number of hydrogen-bond donors (Lipinski definition) is 0. The molecule has 6 heteroatoms. The van der Waals surface area contributed by atoms with Crippen LogP contribution in [0.4, 0.5) is 0 Å². The predicted octanol–water partition coefficient (Wildman–Crippen LogP) is 2.58. The van der Waals surface area contributed by atoms with Crippen LogP contribution in [-0.4, -0.2) is 20.9 Å². The maximum absolute atomic E-state index is 12.0. The molecule has 1 aromatic carbocycles. The molecule has 6 nitrogen and oxygen atoms in total. The number of rotatable bonds is 5. The molecule has 22 heavy (non-hydrogen) atoms. The van der Waals surface area contributed by atoms with E-state index in [0.29, 0.717) is 17.9 Å². The number of esters is 1. The summed E-state index contributed by atoms with van der Waals surface area (Å²) in [5.74, 6) is 0.140. The van der Waals surface area contributed by atoms with E-state index in [2.05, 4.69) is 10.3 Å². The van der Waals surface area contributed by atoms with Gasteiger partial charge in [0.05, 0.1) is 17.8 Å². The lowest BCUT2D eigenvalue weighted by Gasteiger charge is -2.05. The maximum atomic E-state index is 12.0. The predicted molar refractivity (Wildman–Crippen MR) is 78.1 cm³/mol. The molecule has 0 radical (unpaired) electrons. The van der Waals surface area contributed by atoms with Crippen LogP contribution in [0.2, 0.25) is 0 Å². The normalized spacial score (nSPS) is 10.6. The summed E-state index contributed by atoms with van der Waals surface area (Å²) in [5, 5.41) is 7.88.